The summed E-state index contributed by atoms with van der Waals surface area (Å²) in [5, 5.41) is 0.201. The molecule has 1 aromatic rings. The van der Waals surface area contributed by atoms with Gasteiger partial charge < -0.3 is 10.3 Å². The highest BCUT2D eigenvalue weighted by molar-refractivity contribution is 7.89. The van der Waals surface area contributed by atoms with Crippen molar-refractivity contribution in [1.29, 1.82) is 0 Å². The molecule has 3 rings (SSSR count). The summed E-state index contributed by atoms with van der Waals surface area (Å²) in [7, 11) is -3.53. The molecule has 0 aromatic carbocycles. The third kappa shape index (κ3) is 2.74. The van der Waals surface area contributed by atoms with E-state index < -0.39 is 10.0 Å². The molecule has 6 nitrogen and oxygen atoms in total. The number of nitrogens with two attached hydrogens (primary N) is 1. The lowest BCUT2D eigenvalue weighted by Gasteiger charge is -2.36. The van der Waals surface area contributed by atoms with Crippen molar-refractivity contribution < 1.29 is 8.42 Å². The molecule has 1 fully saturated rings. The largest absolute Gasteiger partial charge is 0.333 e. The van der Waals surface area contributed by atoms with Gasteiger partial charge >= 0.3 is 0 Å². The Bertz CT molecular complexity index is 585. The van der Waals surface area contributed by atoms with Crippen molar-refractivity contribution in [2.24, 2.45) is 5.73 Å². The molecule has 2 N–H and O–H groups in total. The normalized spacial score (nSPS) is 25.5. The molecule has 2 aliphatic rings. The average Bonchev–Trinajstić information content (AvgIpc) is 2.92. The molecule has 2 aliphatic heterocycles. The first kappa shape index (κ1) is 15.0. The van der Waals surface area contributed by atoms with Crippen LogP contribution in [-0.4, -0.2) is 40.9 Å². The first-order chi connectivity index (χ1) is 10.00. The third-order valence-corrected chi connectivity index (χ3v) is 6.36. The minimum Gasteiger partial charge on any atom is -0.333 e. The second-order valence-electron chi connectivity index (χ2n) is 6.18. The highest BCUT2D eigenvalue weighted by atomic mass is 32.2. The van der Waals surface area contributed by atoms with Crippen molar-refractivity contribution in [3.63, 3.8) is 0 Å². The summed E-state index contributed by atoms with van der Waals surface area (Å²) in [5.41, 5.74) is 6.00. The van der Waals surface area contributed by atoms with E-state index >= 15 is 0 Å². The molecule has 7 heteroatoms. The molecule has 0 bridgehead atoms. The second kappa shape index (κ2) is 5.70. The van der Waals surface area contributed by atoms with Gasteiger partial charge in [-0.25, -0.2) is 13.4 Å². The van der Waals surface area contributed by atoms with Crippen molar-refractivity contribution in [2.75, 3.05) is 6.54 Å². The van der Waals surface area contributed by atoms with Gasteiger partial charge in [0.05, 0.1) is 0 Å². The third-order valence-electron chi connectivity index (χ3n) is 4.56. The van der Waals surface area contributed by atoms with E-state index in [0.29, 0.717) is 6.54 Å². The number of fused-ring (bicyclic) bond motifs is 1. The lowest BCUT2D eigenvalue weighted by Crippen LogP contribution is -2.51. The fraction of sp³-hybridized carbons (Fsp3) is 0.786. The molecule has 0 radical (unpaired) electrons. The molecule has 21 heavy (non-hydrogen) atoms. The zero-order valence-corrected chi connectivity index (χ0v) is 13.3. The SMILES string of the molecule is CC(N)C1CCCCN1S(=O)(=O)c1cn2c(n1)CCCC2. The predicted octanol–water partition coefficient (Wildman–Crippen LogP) is 1.11. The van der Waals surface area contributed by atoms with Crippen LogP contribution in [-0.2, 0) is 23.0 Å². The van der Waals surface area contributed by atoms with E-state index in [2.05, 4.69) is 4.98 Å². The lowest BCUT2D eigenvalue weighted by molar-refractivity contribution is 0.227. The van der Waals surface area contributed by atoms with Crippen LogP contribution in [0.4, 0.5) is 0 Å². The van der Waals surface area contributed by atoms with Gasteiger partial charge in [-0.05, 0) is 32.6 Å². The van der Waals surface area contributed by atoms with Crippen LogP contribution in [0.1, 0.15) is 44.9 Å². The van der Waals surface area contributed by atoms with E-state index in [1.165, 1.54) is 0 Å². The Kier molecular flexibility index (Phi) is 4.07. The maximum absolute atomic E-state index is 12.9. The summed E-state index contributed by atoms with van der Waals surface area (Å²) >= 11 is 0. The van der Waals surface area contributed by atoms with Crippen molar-refractivity contribution in [2.45, 2.75) is 69.1 Å². The first-order valence-corrected chi connectivity index (χ1v) is 9.27. The molecule has 0 aliphatic carbocycles. The minimum atomic E-state index is -3.53. The Morgan fingerprint density at radius 3 is 2.76 bits per heavy atom. The van der Waals surface area contributed by atoms with Crippen LogP contribution in [0.25, 0.3) is 0 Å². The monoisotopic (exact) mass is 312 g/mol. The van der Waals surface area contributed by atoms with E-state index in [4.69, 9.17) is 5.73 Å². The molecule has 118 valence electrons. The van der Waals surface area contributed by atoms with Crippen LogP contribution >= 0.6 is 0 Å². The molecule has 0 spiro atoms. The van der Waals surface area contributed by atoms with Crippen LogP contribution < -0.4 is 5.73 Å². The molecule has 2 unspecified atom stereocenters. The maximum atomic E-state index is 12.9. The van der Waals surface area contributed by atoms with Crippen LogP contribution in [0.3, 0.4) is 0 Å². The number of hydrogen-bond donors (Lipinski definition) is 1. The van der Waals surface area contributed by atoms with E-state index in [1.807, 2.05) is 11.5 Å². The summed E-state index contributed by atoms with van der Waals surface area (Å²) in [5.74, 6) is 0.897. The Balaban J connectivity index is 1.93. The van der Waals surface area contributed by atoms with E-state index in [-0.39, 0.29) is 17.1 Å². The topological polar surface area (TPSA) is 81.2 Å². The fourth-order valence-electron chi connectivity index (χ4n) is 3.39. The van der Waals surface area contributed by atoms with Gasteiger partial charge in [-0.15, -0.1) is 0 Å². The Morgan fingerprint density at radius 1 is 1.29 bits per heavy atom. The van der Waals surface area contributed by atoms with Gasteiger partial charge in [0.1, 0.15) is 5.82 Å². The lowest BCUT2D eigenvalue weighted by atomic mass is 10.00. The number of nitrogens with zero attached hydrogens (tertiary/aromatic N) is 3. The average molecular weight is 312 g/mol. The molecule has 1 aromatic heterocycles. The quantitative estimate of drug-likeness (QED) is 0.906. The summed E-state index contributed by atoms with van der Waals surface area (Å²) < 4.78 is 29.4. The Labute approximate surface area is 126 Å². The van der Waals surface area contributed by atoms with Gasteiger partial charge in [-0.1, -0.05) is 6.42 Å². The fourth-order valence-corrected chi connectivity index (χ4v) is 5.13. The van der Waals surface area contributed by atoms with Crippen molar-refractivity contribution in [1.82, 2.24) is 13.9 Å². The van der Waals surface area contributed by atoms with Gasteiger partial charge in [0.15, 0.2) is 5.03 Å². The predicted molar refractivity (Wildman–Crippen MR) is 80.3 cm³/mol. The minimum absolute atomic E-state index is 0.109. The Morgan fingerprint density at radius 2 is 2.05 bits per heavy atom. The van der Waals surface area contributed by atoms with Crippen LogP contribution in [0.5, 0.6) is 0 Å². The number of hydrogen-bond acceptors (Lipinski definition) is 4. The number of aromatic nitrogens is 2. The number of sulfonamides is 1. The highest BCUT2D eigenvalue weighted by Gasteiger charge is 2.37. The van der Waals surface area contributed by atoms with Crippen molar-refractivity contribution in [3.05, 3.63) is 12.0 Å². The molecular formula is C14H24N4O2S. The summed E-state index contributed by atoms with van der Waals surface area (Å²) in [6.45, 7) is 3.31. The number of aryl methyl sites for hydroxylation is 2. The zero-order chi connectivity index (χ0) is 15.0. The maximum Gasteiger partial charge on any atom is 0.262 e. The molecular weight excluding hydrogens is 288 g/mol. The number of piperidine rings is 1. The van der Waals surface area contributed by atoms with E-state index in [0.717, 1.165) is 50.9 Å². The zero-order valence-electron chi connectivity index (χ0n) is 12.5. The van der Waals surface area contributed by atoms with Crippen molar-refractivity contribution in [3.8, 4) is 0 Å². The first-order valence-electron chi connectivity index (χ1n) is 7.83. The second-order valence-corrected chi connectivity index (χ2v) is 8.02. The van der Waals surface area contributed by atoms with Gasteiger partial charge in [-0.3, -0.25) is 0 Å². The van der Waals surface area contributed by atoms with Gasteiger partial charge in [0.25, 0.3) is 10.0 Å². The molecule has 0 amide bonds. The van der Waals surface area contributed by atoms with E-state index in [9.17, 15) is 8.42 Å². The van der Waals surface area contributed by atoms with Crippen LogP contribution in [0.15, 0.2) is 11.2 Å². The van der Waals surface area contributed by atoms with Gasteiger partial charge in [-0.2, -0.15) is 4.31 Å². The summed E-state index contributed by atoms with van der Waals surface area (Å²) in [6, 6.07) is -0.264. The Hall–Kier alpha value is -0.920. The highest BCUT2D eigenvalue weighted by Crippen LogP contribution is 2.27. The standard InChI is InChI=1S/C14H24N4O2S/c1-11(15)12-6-2-5-9-18(12)21(19,20)14-10-17-8-4-3-7-13(17)16-14/h10-12H,2-9,15H2,1H3. The smallest absolute Gasteiger partial charge is 0.262 e. The van der Waals surface area contributed by atoms with Gasteiger partial charge in [0.2, 0.25) is 0 Å². The van der Waals surface area contributed by atoms with E-state index in [1.54, 1.807) is 10.5 Å². The molecule has 0 saturated carbocycles. The van der Waals surface area contributed by atoms with Crippen molar-refractivity contribution >= 4 is 10.0 Å². The number of rotatable bonds is 3. The van der Waals surface area contributed by atoms with Crippen LogP contribution in [0.2, 0.25) is 0 Å². The molecule has 1 saturated heterocycles. The molecule has 2 atom stereocenters. The van der Waals surface area contributed by atoms with Gasteiger partial charge in [0, 0.05) is 37.8 Å². The molecule has 3 heterocycles. The summed E-state index contributed by atoms with van der Waals surface area (Å²) in [6.07, 6.45) is 7.53. The number of imidazole rings is 1. The summed E-state index contributed by atoms with van der Waals surface area (Å²) in [4.78, 5) is 4.38. The van der Waals surface area contributed by atoms with Crippen LogP contribution in [0, 0.1) is 0 Å².